The van der Waals surface area contributed by atoms with Crippen LogP contribution in [0.4, 0.5) is 4.79 Å². The Balaban J connectivity index is 1.79. The monoisotopic (exact) mass is 359 g/mol. The van der Waals surface area contributed by atoms with Gasteiger partial charge in [-0.25, -0.2) is 4.79 Å². The van der Waals surface area contributed by atoms with Gasteiger partial charge in [-0.2, -0.15) is 0 Å². The van der Waals surface area contributed by atoms with E-state index in [0.717, 1.165) is 19.3 Å². The van der Waals surface area contributed by atoms with Gasteiger partial charge in [-0.15, -0.1) is 0 Å². The number of hydrogen-bond acceptors (Lipinski definition) is 3. The summed E-state index contributed by atoms with van der Waals surface area (Å²) in [5.74, 6) is -0.680. The first kappa shape index (κ1) is 18.7. The average molecular weight is 359 g/mol. The highest BCUT2D eigenvalue weighted by Gasteiger charge is 2.46. The summed E-state index contributed by atoms with van der Waals surface area (Å²) in [6.45, 7) is 9.02. The van der Waals surface area contributed by atoms with Crippen LogP contribution < -0.4 is 0 Å². The molecule has 5 heteroatoms. The van der Waals surface area contributed by atoms with Crippen LogP contribution in [0.1, 0.15) is 69.1 Å². The zero-order chi connectivity index (χ0) is 19.1. The van der Waals surface area contributed by atoms with E-state index in [1.54, 1.807) is 4.90 Å². The van der Waals surface area contributed by atoms with Crippen molar-refractivity contribution in [1.82, 2.24) is 4.90 Å². The normalized spacial score (nSPS) is 21.5. The Morgan fingerprint density at radius 2 is 1.92 bits per heavy atom. The lowest BCUT2D eigenvalue weighted by Crippen LogP contribution is -2.46. The Morgan fingerprint density at radius 1 is 1.27 bits per heavy atom. The topological polar surface area (TPSA) is 66.8 Å². The third-order valence-corrected chi connectivity index (χ3v) is 5.65. The Labute approximate surface area is 155 Å². The number of ether oxygens (including phenoxy) is 1. The average Bonchev–Trinajstić information content (AvgIpc) is 2.79. The molecule has 1 aromatic rings. The highest BCUT2D eigenvalue weighted by Crippen LogP contribution is 2.53. The van der Waals surface area contributed by atoms with Crippen molar-refractivity contribution in [1.29, 1.82) is 0 Å². The van der Waals surface area contributed by atoms with E-state index in [1.807, 2.05) is 20.8 Å². The molecule has 3 rings (SSSR count). The molecule has 0 radical (unpaired) electrons. The van der Waals surface area contributed by atoms with E-state index in [1.165, 1.54) is 16.7 Å². The minimum atomic E-state index is -0.746. The van der Waals surface area contributed by atoms with Crippen molar-refractivity contribution in [2.45, 2.75) is 70.3 Å². The molecular formula is C21H29NO4. The molecule has 142 valence electrons. The van der Waals surface area contributed by atoms with Gasteiger partial charge < -0.3 is 14.7 Å². The minimum Gasteiger partial charge on any atom is -0.481 e. The molecule has 0 bridgehead atoms. The number of carboxylic acid groups (broad SMARTS) is 1. The van der Waals surface area contributed by atoms with Crippen LogP contribution in [0.3, 0.4) is 0 Å². The summed E-state index contributed by atoms with van der Waals surface area (Å²) in [6.07, 6.45) is 2.50. The zero-order valence-corrected chi connectivity index (χ0v) is 16.2. The molecule has 1 fully saturated rings. The number of nitrogens with zero attached hydrogens (tertiary/aromatic N) is 1. The van der Waals surface area contributed by atoms with Gasteiger partial charge in [-0.3, -0.25) is 4.79 Å². The largest absolute Gasteiger partial charge is 0.481 e. The number of aryl methyl sites for hydroxylation is 1. The fourth-order valence-electron chi connectivity index (χ4n) is 4.49. The van der Waals surface area contributed by atoms with Crippen molar-refractivity contribution in [2.24, 2.45) is 0 Å². The van der Waals surface area contributed by atoms with E-state index in [9.17, 15) is 14.7 Å². The molecule has 0 saturated carbocycles. The highest BCUT2D eigenvalue weighted by atomic mass is 16.6. The van der Waals surface area contributed by atoms with Crippen LogP contribution in [0, 0.1) is 6.92 Å². The molecule has 5 nitrogen and oxygen atoms in total. The van der Waals surface area contributed by atoms with Crippen molar-refractivity contribution in [3.8, 4) is 0 Å². The van der Waals surface area contributed by atoms with Crippen LogP contribution in [-0.4, -0.2) is 40.8 Å². The van der Waals surface area contributed by atoms with Crippen molar-refractivity contribution < 1.29 is 19.4 Å². The fraction of sp³-hybridized carbons (Fsp3) is 0.619. The highest BCUT2D eigenvalue weighted by molar-refractivity contribution is 5.69. The van der Waals surface area contributed by atoms with Gasteiger partial charge in [0.05, 0.1) is 6.42 Å². The number of rotatable bonds is 2. The molecule has 1 aromatic carbocycles. The van der Waals surface area contributed by atoms with Crippen molar-refractivity contribution in [3.63, 3.8) is 0 Å². The van der Waals surface area contributed by atoms with Gasteiger partial charge in [-0.1, -0.05) is 23.8 Å². The van der Waals surface area contributed by atoms with Gasteiger partial charge in [0, 0.05) is 13.1 Å². The zero-order valence-electron chi connectivity index (χ0n) is 16.2. The maximum absolute atomic E-state index is 12.4. The predicted octanol–water partition coefficient (Wildman–Crippen LogP) is 4.23. The Hall–Kier alpha value is -2.04. The van der Waals surface area contributed by atoms with Crippen LogP contribution in [0.2, 0.25) is 0 Å². The number of carbonyl (C=O) groups excluding carboxylic acids is 1. The van der Waals surface area contributed by atoms with E-state index in [2.05, 4.69) is 25.1 Å². The summed E-state index contributed by atoms with van der Waals surface area (Å²) < 4.78 is 5.50. The third kappa shape index (κ3) is 3.71. The van der Waals surface area contributed by atoms with E-state index in [4.69, 9.17) is 4.74 Å². The molecule has 1 aliphatic heterocycles. The van der Waals surface area contributed by atoms with E-state index >= 15 is 0 Å². The molecule has 1 heterocycles. The Bertz CT molecular complexity index is 711. The van der Waals surface area contributed by atoms with Gasteiger partial charge in [0.2, 0.25) is 0 Å². The van der Waals surface area contributed by atoms with E-state index in [-0.39, 0.29) is 23.8 Å². The number of hydrogen-bond donors (Lipinski definition) is 1. The third-order valence-electron chi connectivity index (χ3n) is 5.65. The number of aliphatic carboxylic acids is 1. The van der Waals surface area contributed by atoms with Crippen molar-refractivity contribution >= 4 is 12.1 Å². The number of likely N-dealkylation sites (tertiary alicyclic amines) is 1. The van der Waals surface area contributed by atoms with E-state index < -0.39 is 11.6 Å². The van der Waals surface area contributed by atoms with Gasteiger partial charge >= 0.3 is 12.1 Å². The molecule has 1 atom stereocenters. The number of carbonyl (C=O) groups is 2. The minimum absolute atomic E-state index is 0.0139. The second-order valence-electron chi connectivity index (χ2n) is 8.84. The lowest BCUT2D eigenvalue weighted by molar-refractivity contribution is -0.137. The van der Waals surface area contributed by atoms with E-state index in [0.29, 0.717) is 13.1 Å². The maximum atomic E-state index is 12.4. The SMILES string of the molecule is Cc1ccc2c(c1)C1(CCN(C(=O)OC(C)(C)C)CC1)CC2CC(=O)O. The first-order chi connectivity index (χ1) is 12.1. The molecule has 1 spiro atoms. The molecule has 1 unspecified atom stereocenters. The number of benzene rings is 1. The first-order valence-electron chi connectivity index (χ1n) is 9.40. The van der Waals surface area contributed by atoms with Crippen LogP contribution >= 0.6 is 0 Å². The molecule has 2 aliphatic rings. The number of carboxylic acids is 1. The van der Waals surface area contributed by atoms with Gasteiger partial charge in [0.25, 0.3) is 0 Å². The lowest BCUT2D eigenvalue weighted by atomic mass is 9.73. The quantitative estimate of drug-likeness (QED) is 0.858. The van der Waals surface area contributed by atoms with Gasteiger partial charge in [-0.05, 0) is 69.4 Å². The molecule has 26 heavy (non-hydrogen) atoms. The van der Waals surface area contributed by atoms with Crippen LogP contribution in [0.15, 0.2) is 18.2 Å². The summed E-state index contributed by atoms with van der Waals surface area (Å²) >= 11 is 0. The Morgan fingerprint density at radius 3 is 2.50 bits per heavy atom. The number of piperidine rings is 1. The van der Waals surface area contributed by atoms with Gasteiger partial charge in [0.15, 0.2) is 0 Å². The first-order valence-corrected chi connectivity index (χ1v) is 9.40. The van der Waals surface area contributed by atoms with Gasteiger partial charge in [0.1, 0.15) is 5.60 Å². The predicted molar refractivity (Wildman–Crippen MR) is 99.5 cm³/mol. The summed E-state index contributed by atoms with van der Waals surface area (Å²) in [4.78, 5) is 25.4. The summed E-state index contributed by atoms with van der Waals surface area (Å²) in [6, 6.07) is 6.40. The summed E-state index contributed by atoms with van der Waals surface area (Å²) in [5.41, 5.74) is 3.18. The summed E-state index contributed by atoms with van der Waals surface area (Å²) in [7, 11) is 0. The Kier molecular flexibility index (Phi) is 4.76. The molecule has 1 N–H and O–H groups in total. The van der Waals surface area contributed by atoms with Crippen LogP contribution in [0.5, 0.6) is 0 Å². The second kappa shape index (κ2) is 6.60. The second-order valence-corrected chi connectivity index (χ2v) is 8.84. The molecular weight excluding hydrogens is 330 g/mol. The number of amides is 1. The molecule has 1 saturated heterocycles. The summed E-state index contributed by atoms with van der Waals surface area (Å²) in [5, 5.41) is 9.29. The maximum Gasteiger partial charge on any atom is 0.410 e. The van der Waals surface area contributed by atoms with Crippen molar-refractivity contribution in [3.05, 3.63) is 34.9 Å². The molecule has 0 aromatic heterocycles. The lowest BCUT2D eigenvalue weighted by Gasteiger charge is -2.40. The molecule has 1 amide bonds. The smallest absolute Gasteiger partial charge is 0.410 e. The fourth-order valence-corrected chi connectivity index (χ4v) is 4.49. The number of fused-ring (bicyclic) bond motifs is 2. The standard InChI is InChI=1S/C21H29NO4/c1-14-5-6-16-15(12-18(23)24)13-21(17(16)11-14)7-9-22(10-8-21)19(25)26-20(2,3)4/h5-6,11,15H,7-10,12-13H2,1-4H3,(H,23,24). The van der Waals surface area contributed by atoms with Crippen LogP contribution in [0.25, 0.3) is 0 Å². The van der Waals surface area contributed by atoms with Crippen molar-refractivity contribution in [2.75, 3.05) is 13.1 Å². The molecule has 1 aliphatic carbocycles. The van der Waals surface area contributed by atoms with Crippen LogP contribution in [-0.2, 0) is 14.9 Å².